The number of carbonyl (C=O) groups excluding carboxylic acids is 1. The van der Waals surface area contributed by atoms with E-state index < -0.39 is 11.7 Å². The number of pyridine rings is 2. The van der Waals surface area contributed by atoms with Crippen LogP contribution in [0.1, 0.15) is 47.3 Å². The summed E-state index contributed by atoms with van der Waals surface area (Å²) in [6, 6.07) is 11.6. The molecule has 4 aromatic rings. The van der Waals surface area contributed by atoms with Gasteiger partial charge in [-0.1, -0.05) is 25.1 Å². The van der Waals surface area contributed by atoms with E-state index in [1.165, 1.54) is 19.9 Å². The molecule has 0 aliphatic carbocycles. The Labute approximate surface area is 228 Å². The lowest BCUT2D eigenvalue weighted by molar-refractivity contribution is 0.0960. The van der Waals surface area contributed by atoms with Crippen LogP contribution < -0.4 is 10.6 Å². The predicted molar refractivity (Wildman–Crippen MR) is 151 cm³/mol. The van der Waals surface area contributed by atoms with E-state index in [-0.39, 0.29) is 11.5 Å². The molecule has 1 aliphatic heterocycles. The number of rotatable bonds is 8. The number of halogens is 1. The third kappa shape index (κ3) is 6.04. The highest BCUT2D eigenvalue weighted by atomic mass is 19.1. The number of amides is 1. The van der Waals surface area contributed by atoms with Crippen molar-refractivity contribution in [2.75, 3.05) is 39.0 Å². The Bertz CT molecular complexity index is 1450. The molecule has 3 aromatic heterocycles. The molecule has 1 aromatic carbocycles. The standard InChI is InChI=1S/C30H34FN7O/c1-19(23-5-4-6-24-28(30(39)32-2)25(31)17-35-29(23)24)15-34-27-14-26(36-18-37-27)21-7-8-22(33-16-21)13-20-9-11-38(3)12-10-20/h4-8,14,16-20H,9-13,15H2,1-3H3,(H,32,39)(H,34,36,37)/t19-/m1/s1. The molecule has 1 saturated heterocycles. The van der Waals surface area contributed by atoms with E-state index in [1.807, 2.05) is 24.4 Å². The highest BCUT2D eigenvalue weighted by Gasteiger charge is 2.20. The molecule has 4 heterocycles. The van der Waals surface area contributed by atoms with E-state index in [0.29, 0.717) is 29.2 Å². The van der Waals surface area contributed by atoms with Crippen molar-refractivity contribution in [1.82, 2.24) is 30.2 Å². The fourth-order valence-corrected chi connectivity index (χ4v) is 5.21. The van der Waals surface area contributed by atoms with Crippen LogP contribution in [0.2, 0.25) is 0 Å². The van der Waals surface area contributed by atoms with Crippen molar-refractivity contribution in [3.8, 4) is 11.3 Å². The quantitative estimate of drug-likeness (QED) is 0.343. The van der Waals surface area contributed by atoms with Crippen LogP contribution in [0.25, 0.3) is 22.2 Å². The Balaban J connectivity index is 1.27. The molecule has 0 spiro atoms. The maximum atomic E-state index is 14.4. The first-order valence-corrected chi connectivity index (χ1v) is 13.4. The third-order valence-electron chi connectivity index (χ3n) is 7.58. The summed E-state index contributed by atoms with van der Waals surface area (Å²) in [5.74, 6) is 0.307. The average Bonchev–Trinajstić information content (AvgIpc) is 2.97. The Morgan fingerprint density at radius 1 is 1.10 bits per heavy atom. The minimum Gasteiger partial charge on any atom is -0.369 e. The molecule has 9 heteroatoms. The second-order valence-corrected chi connectivity index (χ2v) is 10.4. The van der Waals surface area contributed by atoms with Gasteiger partial charge in [0.05, 0.1) is 23.0 Å². The van der Waals surface area contributed by atoms with Crippen molar-refractivity contribution in [3.63, 3.8) is 0 Å². The van der Waals surface area contributed by atoms with Crippen molar-refractivity contribution >= 4 is 22.6 Å². The molecule has 8 nitrogen and oxygen atoms in total. The van der Waals surface area contributed by atoms with E-state index in [4.69, 9.17) is 4.98 Å². The molecule has 0 bridgehead atoms. The molecule has 2 N–H and O–H groups in total. The number of hydrogen-bond acceptors (Lipinski definition) is 7. The first-order chi connectivity index (χ1) is 18.9. The van der Waals surface area contributed by atoms with Crippen LogP contribution >= 0.6 is 0 Å². The van der Waals surface area contributed by atoms with Crippen molar-refractivity contribution in [2.24, 2.45) is 5.92 Å². The van der Waals surface area contributed by atoms with Crippen LogP contribution in [0.4, 0.5) is 10.2 Å². The molecule has 0 saturated carbocycles. The SMILES string of the molecule is CNC(=O)c1c(F)cnc2c([C@H](C)CNc3cc(-c4ccc(CC5CCN(C)CC5)nc4)ncn3)cccc12. The fraction of sp³-hybridized carbons (Fsp3) is 0.367. The fourth-order valence-electron chi connectivity index (χ4n) is 5.21. The van der Waals surface area contributed by atoms with E-state index in [9.17, 15) is 9.18 Å². The molecule has 202 valence electrons. The largest absolute Gasteiger partial charge is 0.369 e. The van der Waals surface area contributed by atoms with Gasteiger partial charge in [0.2, 0.25) is 0 Å². The van der Waals surface area contributed by atoms with Crippen molar-refractivity contribution in [1.29, 1.82) is 0 Å². The average molecular weight is 528 g/mol. The van der Waals surface area contributed by atoms with Gasteiger partial charge >= 0.3 is 0 Å². The van der Waals surface area contributed by atoms with E-state index >= 15 is 0 Å². The van der Waals surface area contributed by atoms with Gasteiger partial charge in [-0.3, -0.25) is 14.8 Å². The van der Waals surface area contributed by atoms with Gasteiger partial charge in [0.25, 0.3) is 5.91 Å². The Morgan fingerprint density at radius 3 is 2.67 bits per heavy atom. The number of nitrogens with one attached hydrogen (secondary N) is 2. The summed E-state index contributed by atoms with van der Waals surface area (Å²) in [4.78, 5) is 32.6. The number of hydrogen-bond donors (Lipinski definition) is 2. The molecule has 39 heavy (non-hydrogen) atoms. The molecule has 1 aliphatic rings. The molecular weight excluding hydrogens is 493 g/mol. The second-order valence-electron chi connectivity index (χ2n) is 10.4. The molecule has 0 unspecified atom stereocenters. The van der Waals surface area contributed by atoms with Gasteiger partial charge in [-0.05, 0) is 63.0 Å². The number of aromatic nitrogens is 4. The molecule has 0 radical (unpaired) electrons. The molecule has 1 atom stereocenters. The monoisotopic (exact) mass is 527 g/mol. The van der Waals surface area contributed by atoms with E-state index in [2.05, 4.69) is 56.6 Å². The number of anilines is 1. The number of para-hydroxylation sites is 1. The minimum atomic E-state index is -0.636. The number of benzene rings is 1. The number of nitrogens with zero attached hydrogens (tertiary/aromatic N) is 5. The minimum absolute atomic E-state index is 0.0101. The normalized spacial score (nSPS) is 15.3. The highest BCUT2D eigenvalue weighted by molar-refractivity contribution is 6.06. The van der Waals surface area contributed by atoms with Gasteiger partial charge in [0.15, 0.2) is 5.82 Å². The van der Waals surface area contributed by atoms with Crippen molar-refractivity contribution < 1.29 is 9.18 Å². The third-order valence-corrected chi connectivity index (χ3v) is 7.58. The lowest BCUT2D eigenvalue weighted by atomic mass is 9.92. The summed E-state index contributed by atoms with van der Waals surface area (Å²) in [7, 11) is 3.67. The first kappa shape index (κ1) is 26.6. The van der Waals surface area contributed by atoms with Crippen LogP contribution in [-0.2, 0) is 6.42 Å². The Kier molecular flexibility index (Phi) is 8.07. The van der Waals surface area contributed by atoms with Crippen molar-refractivity contribution in [2.45, 2.75) is 32.1 Å². The summed E-state index contributed by atoms with van der Waals surface area (Å²) in [5, 5.41) is 6.40. The van der Waals surface area contributed by atoms with Gasteiger partial charge in [-0.25, -0.2) is 14.4 Å². The van der Waals surface area contributed by atoms with E-state index in [1.54, 1.807) is 12.4 Å². The number of carbonyl (C=O) groups is 1. The van der Waals surface area contributed by atoms with Gasteiger partial charge < -0.3 is 15.5 Å². The number of piperidine rings is 1. The Morgan fingerprint density at radius 2 is 1.92 bits per heavy atom. The van der Waals surface area contributed by atoms with Crippen LogP contribution in [0, 0.1) is 11.7 Å². The number of fused-ring (bicyclic) bond motifs is 1. The topological polar surface area (TPSA) is 95.9 Å². The van der Waals surface area contributed by atoms with Gasteiger partial charge in [-0.2, -0.15) is 0 Å². The zero-order valence-electron chi connectivity index (χ0n) is 22.6. The summed E-state index contributed by atoms with van der Waals surface area (Å²) >= 11 is 0. The van der Waals surface area contributed by atoms with Gasteiger partial charge in [-0.15, -0.1) is 0 Å². The van der Waals surface area contributed by atoms with E-state index in [0.717, 1.165) is 48.2 Å². The second kappa shape index (κ2) is 11.8. The van der Waals surface area contributed by atoms with Gasteiger partial charge in [0.1, 0.15) is 12.1 Å². The summed E-state index contributed by atoms with van der Waals surface area (Å²) in [6.45, 7) is 4.94. The zero-order valence-corrected chi connectivity index (χ0v) is 22.6. The van der Waals surface area contributed by atoms with Crippen molar-refractivity contribution in [3.05, 3.63) is 77.8 Å². The number of likely N-dealkylation sites (tertiary alicyclic amines) is 1. The summed E-state index contributed by atoms with van der Waals surface area (Å²) in [6.07, 6.45) is 8.01. The smallest absolute Gasteiger partial charge is 0.254 e. The van der Waals surface area contributed by atoms with Crippen LogP contribution in [0.3, 0.4) is 0 Å². The summed E-state index contributed by atoms with van der Waals surface area (Å²) < 4.78 is 14.4. The summed E-state index contributed by atoms with van der Waals surface area (Å²) in [5.41, 5.74) is 4.41. The highest BCUT2D eigenvalue weighted by Crippen LogP contribution is 2.28. The predicted octanol–water partition coefficient (Wildman–Crippen LogP) is 4.69. The first-order valence-electron chi connectivity index (χ1n) is 13.4. The molecule has 1 fully saturated rings. The van der Waals surface area contributed by atoms with Gasteiger partial charge in [0, 0.05) is 48.4 Å². The van der Waals surface area contributed by atoms with Crippen LogP contribution in [-0.4, -0.2) is 64.5 Å². The maximum Gasteiger partial charge on any atom is 0.254 e. The lowest BCUT2D eigenvalue weighted by Gasteiger charge is -2.28. The van der Waals surface area contributed by atoms with Crippen LogP contribution in [0.5, 0.6) is 0 Å². The maximum absolute atomic E-state index is 14.4. The lowest BCUT2D eigenvalue weighted by Crippen LogP contribution is -2.31. The zero-order chi connectivity index (χ0) is 27.4. The van der Waals surface area contributed by atoms with Crippen LogP contribution in [0.15, 0.2) is 55.1 Å². The molecule has 5 rings (SSSR count). The Hall–Kier alpha value is -3.98. The molecular formula is C30H34FN7O. The molecule has 1 amide bonds.